The van der Waals surface area contributed by atoms with Crippen LogP contribution in [0.4, 0.5) is 0 Å². The average Bonchev–Trinajstić information content (AvgIpc) is 3.70. The fourth-order valence-corrected chi connectivity index (χ4v) is 8.31. The average molecular weight is 649 g/mol. The maximum absolute atomic E-state index is 5.70. The number of hydrogen-bond donors (Lipinski definition) is 0. The van der Waals surface area contributed by atoms with Crippen molar-refractivity contribution in [3.05, 3.63) is 175 Å². The molecule has 0 radical (unpaired) electrons. The van der Waals surface area contributed by atoms with Gasteiger partial charge in [-0.25, -0.2) is 0 Å². The first kappa shape index (κ1) is 29.1. The number of hydrogen-bond acceptors (Lipinski definition) is 0. The third-order valence-electron chi connectivity index (χ3n) is 10.6. The molecule has 0 fully saturated rings. The number of terminal acetylenes is 1. The van der Waals surface area contributed by atoms with E-state index in [4.69, 9.17) is 6.42 Å². The highest BCUT2D eigenvalue weighted by molar-refractivity contribution is 6.15. The van der Waals surface area contributed by atoms with E-state index in [9.17, 15) is 0 Å². The van der Waals surface area contributed by atoms with Crippen LogP contribution in [0.5, 0.6) is 0 Å². The summed E-state index contributed by atoms with van der Waals surface area (Å²) in [7, 11) is 0. The van der Waals surface area contributed by atoms with E-state index < -0.39 is 0 Å². The van der Waals surface area contributed by atoms with Crippen LogP contribution >= 0.6 is 0 Å². The van der Waals surface area contributed by atoms with Gasteiger partial charge in [0.25, 0.3) is 0 Å². The van der Waals surface area contributed by atoms with Crippen molar-refractivity contribution < 1.29 is 0 Å². The molecule has 2 heterocycles. The van der Waals surface area contributed by atoms with Crippen LogP contribution in [-0.4, -0.2) is 9.13 Å². The zero-order valence-electron chi connectivity index (χ0n) is 28.1. The second-order valence-corrected chi connectivity index (χ2v) is 13.3. The maximum atomic E-state index is 5.70. The Kier molecular flexibility index (Phi) is 6.50. The number of aromatic nitrogens is 2. The fourth-order valence-electron chi connectivity index (χ4n) is 8.31. The minimum atomic E-state index is 1.13. The van der Waals surface area contributed by atoms with Crippen molar-refractivity contribution in [3.63, 3.8) is 0 Å². The van der Waals surface area contributed by atoms with Crippen LogP contribution in [0.3, 0.4) is 0 Å². The molecule has 8 aromatic carbocycles. The van der Waals surface area contributed by atoms with E-state index in [2.05, 4.69) is 186 Å². The van der Waals surface area contributed by atoms with E-state index in [1.54, 1.807) is 0 Å². The van der Waals surface area contributed by atoms with Crippen molar-refractivity contribution in [2.75, 3.05) is 0 Å². The molecule has 0 aliphatic heterocycles. The molecule has 0 unspecified atom stereocenters. The van der Waals surface area contributed by atoms with E-state index in [1.165, 1.54) is 87.5 Å². The molecule has 0 atom stereocenters. The normalized spacial score (nSPS) is 11.9. The highest BCUT2D eigenvalue weighted by atomic mass is 15.0. The molecule has 2 aromatic heterocycles. The summed E-state index contributed by atoms with van der Waals surface area (Å²) in [5.41, 5.74) is 11.9. The van der Waals surface area contributed by atoms with Gasteiger partial charge in [0, 0.05) is 32.9 Å². The summed E-state index contributed by atoms with van der Waals surface area (Å²) in [5, 5.41) is 9.90. The number of aryl methyl sites for hydroxylation is 1. The van der Waals surface area contributed by atoms with Crippen molar-refractivity contribution in [2.45, 2.75) is 6.92 Å². The van der Waals surface area contributed by atoms with Gasteiger partial charge >= 0.3 is 0 Å². The van der Waals surface area contributed by atoms with Gasteiger partial charge in [0.05, 0.1) is 22.1 Å². The van der Waals surface area contributed by atoms with Gasteiger partial charge in [0.2, 0.25) is 0 Å². The quantitative estimate of drug-likeness (QED) is 0.133. The van der Waals surface area contributed by atoms with Gasteiger partial charge in [0.1, 0.15) is 0 Å². The Morgan fingerprint density at radius 2 is 0.941 bits per heavy atom. The molecule has 2 nitrogen and oxygen atoms in total. The number of fused-ring (bicyclic) bond motifs is 9. The molecule has 10 aromatic rings. The minimum absolute atomic E-state index is 1.13. The first-order valence-corrected chi connectivity index (χ1v) is 17.4. The molecule has 238 valence electrons. The molecule has 2 heteroatoms. The van der Waals surface area contributed by atoms with Crippen molar-refractivity contribution in [1.82, 2.24) is 9.13 Å². The summed E-state index contributed by atoms with van der Waals surface area (Å²) in [6.07, 6.45) is 9.59. The molecular formula is C49H32N2. The van der Waals surface area contributed by atoms with Crippen LogP contribution in [0.25, 0.3) is 93.7 Å². The molecule has 10 rings (SSSR count). The summed E-state index contributed by atoms with van der Waals surface area (Å²) < 4.78 is 4.77. The van der Waals surface area contributed by atoms with Gasteiger partial charge in [-0.1, -0.05) is 103 Å². The molecule has 51 heavy (non-hydrogen) atoms. The molecular weight excluding hydrogens is 617 g/mol. The summed E-state index contributed by atoms with van der Waals surface area (Å²) in [6.45, 7) is 2.20. The molecule has 0 spiro atoms. The molecule has 0 bridgehead atoms. The number of allylic oxidation sites excluding steroid dienone is 1. The lowest BCUT2D eigenvalue weighted by atomic mass is 9.91. The Morgan fingerprint density at radius 1 is 0.431 bits per heavy atom. The van der Waals surface area contributed by atoms with E-state index >= 15 is 0 Å². The number of para-hydroxylation sites is 3. The predicted molar refractivity (Wildman–Crippen MR) is 218 cm³/mol. The topological polar surface area (TPSA) is 9.86 Å². The standard InChI is InChI=1S/C49H32N2/c1-3-4-16-38-32(2)37-17-8-9-18-39(37)40-26-25-36(31-43(38)40)51-47-22-13-11-20-42(47)45-30-34(24-28-49(45)51)33-23-27-48-44(29-33)41-19-10-12-21-46(41)50(48)35-14-6-5-7-15-35/h1,4-31H,2H3/b16-4-. The van der Waals surface area contributed by atoms with E-state index in [-0.39, 0.29) is 0 Å². The van der Waals surface area contributed by atoms with Crippen LogP contribution in [0.15, 0.2) is 164 Å². The van der Waals surface area contributed by atoms with Crippen LogP contribution in [0, 0.1) is 19.3 Å². The predicted octanol–water partition coefficient (Wildman–Crippen LogP) is 12.8. The van der Waals surface area contributed by atoms with Gasteiger partial charge in [-0.3, -0.25) is 0 Å². The lowest BCUT2D eigenvalue weighted by Gasteiger charge is -2.15. The first-order chi connectivity index (χ1) is 25.2. The third-order valence-corrected chi connectivity index (χ3v) is 10.6. The van der Waals surface area contributed by atoms with Gasteiger partial charge < -0.3 is 9.13 Å². The largest absolute Gasteiger partial charge is 0.309 e. The van der Waals surface area contributed by atoms with Crippen molar-refractivity contribution in [2.24, 2.45) is 0 Å². The first-order valence-electron chi connectivity index (χ1n) is 17.4. The molecule has 0 aliphatic carbocycles. The van der Waals surface area contributed by atoms with E-state index in [1.807, 2.05) is 6.08 Å². The SMILES string of the molecule is C#C/C=C\c1c(C)c2ccccc2c2ccc(-n3c4ccccc4c4cc(-c5ccc6c(c5)c5ccccc5n6-c5ccccc5)ccc43)cc12. The van der Waals surface area contributed by atoms with Gasteiger partial charge in [-0.05, 0) is 124 Å². The van der Waals surface area contributed by atoms with E-state index in [0.29, 0.717) is 0 Å². The monoisotopic (exact) mass is 648 g/mol. The summed E-state index contributed by atoms with van der Waals surface area (Å²) in [5.74, 6) is 2.71. The Balaban J connectivity index is 1.18. The molecule has 0 saturated heterocycles. The smallest absolute Gasteiger partial charge is 0.0541 e. The number of rotatable bonds is 4. The summed E-state index contributed by atoms with van der Waals surface area (Å²) in [4.78, 5) is 0. The second-order valence-electron chi connectivity index (χ2n) is 13.3. The Bertz CT molecular complexity index is 3090. The molecule has 0 N–H and O–H groups in total. The lowest BCUT2D eigenvalue weighted by molar-refractivity contribution is 1.18. The maximum Gasteiger partial charge on any atom is 0.0541 e. The third kappa shape index (κ3) is 4.39. The van der Waals surface area contributed by atoms with Crippen molar-refractivity contribution in [3.8, 4) is 34.8 Å². The number of nitrogens with zero attached hydrogens (tertiary/aromatic N) is 2. The minimum Gasteiger partial charge on any atom is -0.309 e. The Hall–Kier alpha value is -6.82. The van der Waals surface area contributed by atoms with Crippen LogP contribution in [-0.2, 0) is 0 Å². The summed E-state index contributed by atoms with van der Waals surface area (Å²) in [6, 6.07) is 57.4. The Labute approximate surface area is 296 Å². The van der Waals surface area contributed by atoms with Crippen molar-refractivity contribution in [1.29, 1.82) is 0 Å². The van der Waals surface area contributed by atoms with Gasteiger partial charge in [0.15, 0.2) is 0 Å². The van der Waals surface area contributed by atoms with Crippen molar-refractivity contribution >= 4 is 71.2 Å². The fraction of sp³-hybridized carbons (Fsp3) is 0.0204. The zero-order chi connectivity index (χ0) is 34.1. The Morgan fingerprint density at radius 3 is 1.57 bits per heavy atom. The van der Waals surface area contributed by atoms with Crippen LogP contribution in [0.2, 0.25) is 0 Å². The van der Waals surface area contributed by atoms with Crippen LogP contribution in [0.1, 0.15) is 11.1 Å². The van der Waals surface area contributed by atoms with Crippen LogP contribution < -0.4 is 0 Å². The second kappa shape index (κ2) is 11.4. The highest BCUT2D eigenvalue weighted by Crippen LogP contribution is 2.40. The van der Waals surface area contributed by atoms with E-state index in [0.717, 1.165) is 11.3 Å². The highest BCUT2D eigenvalue weighted by Gasteiger charge is 2.17. The lowest BCUT2D eigenvalue weighted by Crippen LogP contribution is -1.96. The number of benzene rings is 8. The van der Waals surface area contributed by atoms with Gasteiger partial charge in [-0.2, -0.15) is 0 Å². The summed E-state index contributed by atoms with van der Waals surface area (Å²) >= 11 is 0. The molecule has 0 aliphatic rings. The zero-order valence-corrected chi connectivity index (χ0v) is 28.1. The van der Waals surface area contributed by atoms with Gasteiger partial charge in [-0.15, -0.1) is 6.42 Å². The molecule has 0 amide bonds. The molecule has 0 saturated carbocycles.